The maximum Gasteiger partial charge on any atom is 0.271 e. The van der Waals surface area contributed by atoms with E-state index >= 15 is 0 Å². The summed E-state index contributed by atoms with van der Waals surface area (Å²) in [5.41, 5.74) is 0.277. The van der Waals surface area contributed by atoms with Crippen molar-refractivity contribution >= 4 is 23.3 Å². The zero-order valence-corrected chi connectivity index (χ0v) is 13.3. The molecule has 1 unspecified atom stereocenters. The second-order valence-electron chi connectivity index (χ2n) is 5.00. The number of unbranched alkanes of at least 4 members (excludes halogenated alkanes) is 3. The summed E-state index contributed by atoms with van der Waals surface area (Å²) in [6.45, 7) is 4.20. The van der Waals surface area contributed by atoms with Gasteiger partial charge in [-0.15, -0.1) is 0 Å². The van der Waals surface area contributed by atoms with Crippen molar-refractivity contribution in [3.05, 3.63) is 22.8 Å². The van der Waals surface area contributed by atoms with Crippen LogP contribution in [0.2, 0.25) is 5.02 Å². The number of hydrogen-bond donors (Lipinski definition) is 2. The Bertz CT molecular complexity index is 437. The van der Waals surface area contributed by atoms with Crippen molar-refractivity contribution < 1.29 is 4.79 Å². The summed E-state index contributed by atoms with van der Waals surface area (Å²) in [5, 5.41) is 6.23. The first-order valence-electron chi connectivity index (χ1n) is 7.23. The van der Waals surface area contributed by atoms with Gasteiger partial charge in [0.2, 0.25) is 0 Å². The molecule has 0 aliphatic carbocycles. The molecule has 0 saturated heterocycles. The average molecular weight is 298 g/mol. The van der Waals surface area contributed by atoms with Crippen molar-refractivity contribution in [2.75, 3.05) is 12.4 Å². The van der Waals surface area contributed by atoms with Gasteiger partial charge in [-0.3, -0.25) is 4.79 Å². The molecule has 0 fully saturated rings. The Morgan fingerprint density at radius 2 is 2.10 bits per heavy atom. The molecule has 0 radical (unpaired) electrons. The third-order valence-corrected chi connectivity index (χ3v) is 3.49. The zero-order chi connectivity index (χ0) is 15.0. The number of anilines is 1. The lowest BCUT2D eigenvalue weighted by Crippen LogP contribution is -2.33. The second-order valence-corrected chi connectivity index (χ2v) is 5.41. The third-order valence-electron chi connectivity index (χ3n) is 3.19. The van der Waals surface area contributed by atoms with E-state index in [1.54, 1.807) is 19.2 Å². The van der Waals surface area contributed by atoms with E-state index in [0.717, 1.165) is 12.8 Å². The first-order chi connectivity index (χ1) is 9.58. The van der Waals surface area contributed by atoms with Gasteiger partial charge in [0.05, 0.1) is 5.02 Å². The molecule has 0 aliphatic rings. The topological polar surface area (TPSA) is 54.0 Å². The van der Waals surface area contributed by atoms with Crippen LogP contribution in [0.25, 0.3) is 0 Å². The molecule has 1 atom stereocenters. The molecule has 1 aromatic heterocycles. The number of halogens is 1. The van der Waals surface area contributed by atoms with Gasteiger partial charge < -0.3 is 10.6 Å². The minimum Gasteiger partial charge on any atom is -0.373 e. The monoisotopic (exact) mass is 297 g/mol. The Balaban J connectivity index is 2.53. The first kappa shape index (κ1) is 16.8. The summed E-state index contributed by atoms with van der Waals surface area (Å²) in [4.78, 5) is 16.3. The third kappa shape index (κ3) is 5.37. The van der Waals surface area contributed by atoms with Crippen molar-refractivity contribution in [1.82, 2.24) is 10.3 Å². The van der Waals surface area contributed by atoms with E-state index in [-0.39, 0.29) is 17.6 Å². The summed E-state index contributed by atoms with van der Waals surface area (Å²) in [6.07, 6.45) is 5.79. The highest BCUT2D eigenvalue weighted by atomic mass is 35.5. The maximum absolute atomic E-state index is 12.1. The van der Waals surface area contributed by atoms with Gasteiger partial charge in [-0.1, -0.05) is 44.2 Å². The maximum atomic E-state index is 12.1. The molecule has 5 heteroatoms. The van der Waals surface area contributed by atoms with Crippen molar-refractivity contribution in [3.8, 4) is 0 Å². The van der Waals surface area contributed by atoms with E-state index in [1.807, 2.05) is 6.92 Å². The minimum absolute atomic E-state index is 0.135. The number of hydrogen-bond acceptors (Lipinski definition) is 3. The standard InChI is InChI=1S/C15H24ClN3O/c1-4-5-6-7-8-11(2)18-15(20)14-12(16)9-10-13(17-3)19-14/h9-11H,4-8H2,1-3H3,(H,17,19)(H,18,20). The van der Waals surface area contributed by atoms with E-state index in [0.29, 0.717) is 10.8 Å². The molecule has 1 amide bonds. The summed E-state index contributed by atoms with van der Waals surface area (Å²) >= 11 is 6.03. The van der Waals surface area contributed by atoms with Crippen molar-refractivity contribution in [2.24, 2.45) is 0 Å². The van der Waals surface area contributed by atoms with Gasteiger partial charge >= 0.3 is 0 Å². The molecule has 20 heavy (non-hydrogen) atoms. The quantitative estimate of drug-likeness (QED) is 0.716. The van der Waals surface area contributed by atoms with Crippen LogP contribution in [0.15, 0.2) is 12.1 Å². The molecular weight excluding hydrogens is 274 g/mol. The summed E-state index contributed by atoms with van der Waals surface area (Å²) < 4.78 is 0. The fourth-order valence-electron chi connectivity index (χ4n) is 1.98. The Hall–Kier alpha value is -1.29. The lowest BCUT2D eigenvalue weighted by atomic mass is 10.1. The zero-order valence-electron chi connectivity index (χ0n) is 12.5. The van der Waals surface area contributed by atoms with E-state index < -0.39 is 0 Å². The number of carbonyl (C=O) groups excluding carboxylic acids is 1. The van der Waals surface area contributed by atoms with Gasteiger partial charge in [0.1, 0.15) is 11.5 Å². The van der Waals surface area contributed by atoms with Gasteiger partial charge in [0.15, 0.2) is 0 Å². The number of pyridine rings is 1. The second kappa shape index (κ2) is 8.80. The van der Waals surface area contributed by atoms with Crippen molar-refractivity contribution in [3.63, 3.8) is 0 Å². The number of carbonyl (C=O) groups is 1. The van der Waals surface area contributed by atoms with Gasteiger partial charge in [-0.25, -0.2) is 4.98 Å². The predicted octanol–water partition coefficient (Wildman–Crippen LogP) is 3.87. The smallest absolute Gasteiger partial charge is 0.271 e. The lowest BCUT2D eigenvalue weighted by molar-refractivity contribution is 0.0933. The number of amides is 1. The predicted molar refractivity (Wildman–Crippen MR) is 84.5 cm³/mol. The van der Waals surface area contributed by atoms with Crippen molar-refractivity contribution in [2.45, 2.75) is 52.0 Å². The molecular formula is C15H24ClN3O. The van der Waals surface area contributed by atoms with Crippen LogP contribution in [0.1, 0.15) is 56.4 Å². The molecule has 0 aliphatic heterocycles. The van der Waals surface area contributed by atoms with Crippen LogP contribution in [-0.4, -0.2) is 24.0 Å². The van der Waals surface area contributed by atoms with Crippen LogP contribution in [0.5, 0.6) is 0 Å². The fourth-order valence-corrected chi connectivity index (χ4v) is 2.17. The van der Waals surface area contributed by atoms with Gasteiger partial charge in [0, 0.05) is 13.1 Å². The lowest BCUT2D eigenvalue weighted by Gasteiger charge is -2.14. The number of rotatable bonds is 8. The van der Waals surface area contributed by atoms with Crippen molar-refractivity contribution in [1.29, 1.82) is 0 Å². The highest BCUT2D eigenvalue weighted by Crippen LogP contribution is 2.16. The molecule has 1 rings (SSSR count). The molecule has 2 N–H and O–H groups in total. The van der Waals surface area contributed by atoms with E-state index in [9.17, 15) is 4.79 Å². The van der Waals surface area contributed by atoms with Gasteiger partial charge in [-0.05, 0) is 25.5 Å². The van der Waals surface area contributed by atoms with Crippen LogP contribution in [0.4, 0.5) is 5.82 Å². The highest BCUT2D eigenvalue weighted by Gasteiger charge is 2.15. The Morgan fingerprint density at radius 3 is 2.75 bits per heavy atom. The van der Waals surface area contributed by atoms with Gasteiger partial charge in [0.25, 0.3) is 5.91 Å². The van der Waals surface area contributed by atoms with E-state index in [2.05, 4.69) is 22.5 Å². The molecule has 0 spiro atoms. The molecule has 0 bridgehead atoms. The number of aromatic nitrogens is 1. The molecule has 1 aromatic rings. The normalized spacial score (nSPS) is 12.0. The molecule has 1 heterocycles. The number of nitrogens with one attached hydrogen (secondary N) is 2. The van der Waals surface area contributed by atoms with E-state index in [1.165, 1.54) is 19.3 Å². The van der Waals surface area contributed by atoms with Crippen LogP contribution in [-0.2, 0) is 0 Å². The Kier molecular flexibility index (Phi) is 7.37. The minimum atomic E-state index is -0.213. The molecule has 112 valence electrons. The number of nitrogens with zero attached hydrogens (tertiary/aromatic N) is 1. The summed E-state index contributed by atoms with van der Waals surface area (Å²) in [5.74, 6) is 0.422. The van der Waals surface area contributed by atoms with E-state index in [4.69, 9.17) is 11.6 Å². The fraction of sp³-hybridized carbons (Fsp3) is 0.600. The Morgan fingerprint density at radius 1 is 1.35 bits per heavy atom. The van der Waals surface area contributed by atoms with Crippen LogP contribution < -0.4 is 10.6 Å². The SMILES string of the molecule is CCCCCCC(C)NC(=O)c1nc(NC)ccc1Cl. The molecule has 0 saturated carbocycles. The average Bonchev–Trinajstić information content (AvgIpc) is 2.44. The molecule has 4 nitrogen and oxygen atoms in total. The van der Waals surface area contributed by atoms with Crippen LogP contribution in [0, 0.1) is 0 Å². The highest BCUT2D eigenvalue weighted by molar-refractivity contribution is 6.33. The summed E-state index contributed by atoms with van der Waals surface area (Å²) in [6, 6.07) is 3.56. The summed E-state index contributed by atoms with van der Waals surface area (Å²) in [7, 11) is 1.76. The molecule has 0 aromatic carbocycles. The van der Waals surface area contributed by atoms with Crippen LogP contribution >= 0.6 is 11.6 Å². The first-order valence-corrected chi connectivity index (χ1v) is 7.61. The van der Waals surface area contributed by atoms with Gasteiger partial charge in [-0.2, -0.15) is 0 Å². The van der Waals surface area contributed by atoms with Crippen LogP contribution in [0.3, 0.4) is 0 Å². The Labute approximate surface area is 126 Å². The largest absolute Gasteiger partial charge is 0.373 e.